The number of carbonyl (C=O) groups excluding carboxylic acids is 1. The highest BCUT2D eigenvalue weighted by molar-refractivity contribution is 7.89. The normalized spacial score (nSPS) is 25.6. The van der Waals surface area contributed by atoms with Crippen LogP contribution in [-0.2, 0) is 14.8 Å². The van der Waals surface area contributed by atoms with E-state index in [-0.39, 0.29) is 22.8 Å². The van der Waals surface area contributed by atoms with Crippen molar-refractivity contribution in [1.82, 2.24) is 5.32 Å². The van der Waals surface area contributed by atoms with Crippen LogP contribution in [-0.4, -0.2) is 33.5 Å². The monoisotopic (exact) mass is 310 g/mol. The Labute approximate surface area is 123 Å². The Kier molecular flexibility index (Phi) is 3.29. The van der Waals surface area contributed by atoms with Crippen LogP contribution in [0.2, 0.25) is 0 Å². The predicted octanol–water partition coefficient (Wildman–Crippen LogP) is -0.369. The lowest BCUT2D eigenvalue weighted by Crippen LogP contribution is -2.45. The van der Waals surface area contributed by atoms with E-state index in [0.717, 1.165) is 19.4 Å². The average molecular weight is 310 g/mol. The van der Waals surface area contributed by atoms with Gasteiger partial charge in [-0.3, -0.25) is 4.79 Å². The number of nitrogens with zero attached hydrogens (tertiary/aromatic N) is 1. The smallest absolute Gasteiger partial charge is 0.238 e. The van der Waals surface area contributed by atoms with Gasteiger partial charge in [0, 0.05) is 24.5 Å². The summed E-state index contributed by atoms with van der Waals surface area (Å²) in [5, 5.41) is 8.05. The zero-order valence-corrected chi connectivity index (χ0v) is 12.3. The number of nitrogens with two attached hydrogens (primary N) is 2. The summed E-state index contributed by atoms with van der Waals surface area (Å²) in [5.74, 6) is 0.0263. The van der Waals surface area contributed by atoms with Crippen molar-refractivity contribution in [1.29, 1.82) is 0 Å². The van der Waals surface area contributed by atoms with Crippen molar-refractivity contribution in [3.05, 3.63) is 18.2 Å². The number of amides is 1. The third-order valence-corrected chi connectivity index (χ3v) is 5.07. The Bertz CT molecular complexity index is 689. The Morgan fingerprint density at radius 1 is 1.29 bits per heavy atom. The minimum atomic E-state index is -3.81. The summed E-state index contributed by atoms with van der Waals surface area (Å²) in [6.07, 6.45) is 1.74. The van der Waals surface area contributed by atoms with Crippen LogP contribution in [0.15, 0.2) is 23.1 Å². The Hall–Kier alpha value is -1.80. The topological polar surface area (TPSA) is 119 Å². The fourth-order valence-corrected chi connectivity index (χ4v) is 3.79. The molecule has 0 aromatic heterocycles. The van der Waals surface area contributed by atoms with Crippen LogP contribution in [0.3, 0.4) is 0 Å². The third kappa shape index (κ3) is 2.56. The minimum absolute atomic E-state index is 0.00286. The van der Waals surface area contributed by atoms with Crippen molar-refractivity contribution in [3.8, 4) is 0 Å². The van der Waals surface area contributed by atoms with Crippen molar-refractivity contribution in [2.75, 3.05) is 23.7 Å². The van der Waals surface area contributed by atoms with Gasteiger partial charge in [-0.2, -0.15) is 0 Å². The third-order valence-electron chi connectivity index (χ3n) is 4.17. The van der Waals surface area contributed by atoms with Gasteiger partial charge >= 0.3 is 0 Å². The number of piperidine rings is 1. The molecule has 0 bridgehead atoms. The van der Waals surface area contributed by atoms with Crippen LogP contribution in [0.25, 0.3) is 0 Å². The van der Waals surface area contributed by atoms with Gasteiger partial charge in [-0.25, -0.2) is 13.6 Å². The van der Waals surface area contributed by atoms with Gasteiger partial charge in [-0.1, -0.05) is 0 Å². The largest absolute Gasteiger partial charge is 0.399 e. The summed E-state index contributed by atoms with van der Waals surface area (Å²) in [5.41, 5.74) is 6.84. The molecule has 2 aliphatic heterocycles. The molecule has 1 aromatic rings. The number of nitrogens with one attached hydrogen (secondary N) is 1. The molecule has 1 amide bonds. The second-order valence-electron chi connectivity index (χ2n) is 5.56. The summed E-state index contributed by atoms with van der Waals surface area (Å²) in [6, 6.07) is 4.64. The number of primary sulfonamides is 1. The standard InChI is InChI=1S/C13H18N4O3S/c14-8-4-9(6-10(5-8)21(15,19)20)17-3-1-2-11-12(17)7-16-13(11)18/h4-6,11-12H,1-3,7,14H2,(H,16,18)(H2,15,19,20). The molecule has 1 aromatic carbocycles. The molecule has 7 nitrogen and oxygen atoms in total. The first-order valence-electron chi connectivity index (χ1n) is 6.84. The first kappa shape index (κ1) is 14.2. The SMILES string of the molecule is Nc1cc(N2CCCC3C(=O)NCC32)cc(S(N)(=O)=O)c1. The van der Waals surface area contributed by atoms with Crippen LogP contribution in [0.1, 0.15) is 12.8 Å². The maximum absolute atomic E-state index is 11.8. The van der Waals surface area contributed by atoms with E-state index in [1.165, 1.54) is 12.1 Å². The number of carbonyl (C=O) groups is 1. The average Bonchev–Trinajstić information content (AvgIpc) is 2.79. The van der Waals surface area contributed by atoms with Gasteiger partial charge in [0.15, 0.2) is 0 Å². The van der Waals surface area contributed by atoms with Crippen molar-refractivity contribution in [2.24, 2.45) is 11.1 Å². The van der Waals surface area contributed by atoms with Crippen LogP contribution in [0, 0.1) is 5.92 Å². The number of anilines is 2. The number of hydrogen-bond acceptors (Lipinski definition) is 5. The van der Waals surface area contributed by atoms with Crippen LogP contribution >= 0.6 is 0 Å². The fourth-order valence-electron chi connectivity index (χ4n) is 3.21. The van der Waals surface area contributed by atoms with Gasteiger partial charge in [-0.15, -0.1) is 0 Å². The maximum atomic E-state index is 11.8. The highest BCUT2D eigenvalue weighted by Gasteiger charge is 2.41. The zero-order chi connectivity index (χ0) is 15.2. The first-order chi connectivity index (χ1) is 9.86. The van der Waals surface area contributed by atoms with Gasteiger partial charge in [-0.05, 0) is 31.0 Å². The van der Waals surface area contributed by atoms with E-state index in [2.05, 4.69) is 10.2 Å². The van der Waals surface area contributed by atoms with Crippen LogP contribution < -0.4 is 21.1 Å². The molecule has 8 heteroatoms. The fraction of sp³-hybridized carbons (Fsp3) is 0.462. The summed E-state index contributed by atoms with van der Waals surface area (Å²) in [7, 11) is -3.81. The van der Waals surface area contributed by atoms with Gasteiger partial charge in [0.05, 0.1) is 16.9 Å². The molecule has 2 fully saturated rings. The molecule has 5 N–H and O–H groups in total. The van der Waals surface area contributed by atoms with Crippen molar-refractivity contribution in [2.45, 2.75) is 23.8 Å². The molecule has 2 unspecified atom stereocenters. The number of nitrogen functional groups attached to an aromatic ring is 1. The predicted molar refractivity (Wildman–Crippen MR) is 79.1 cm³/mol. The number of benzene rings is 1. The summed E-state index contributed by atoms with van der Waals surface area (Å²) < 4.78 is 23.1. The molecule has 0 radical (unpaired) electrons. The molecule has 0 saturated carbocycles. The van der Waals surface area contributed by atoms with Crippen molar-refractivity contribution < 1.29 is 13.2 Å². The van der Waals surface area contributed by atoms with E-state index >= 15 is 0 Å². The molecular formula is C13H18N4O3S. The maximum Gasteiger partial charge on any atom is 0.238 e. The Morgan fingerprint density at radius 3 is 2.76 bits per heavy atom. The molecule has 2 atom stereocenters. The summed E-state index contributed by atoms with van der Waals surface area (Å²) in [6.45, 7) is 1.34. The highest BCUT2D eigenvalue weighted by Crippen LogP contribution is 2.33. The Balaban J connectivity index is 2.00. The molecule has 2 saturated heterocycles. The summed E-state index contributed by atoms with van der Waals surface area (Å²) >= 11 is 0. The minimum Gasteiger partial charge on any atom is -0.399 e. The van der Waals surface area contributed by atoms with Crippen molar-refractivity contribution >= 4 is 27.3 Å². The van der Waals surface area contributed by atoms with E-state index in [4.69, 9.17) is 10.9 Å². The molecule has 2 aliphatic rings. The lowest BCUT2D eigenvalue weighted by molar-refractivity contribution is -0.122. The molecular weight excluding hydrogens is 292 g/mol. The van der Waals surface area contributed by atoms with E-state index in [1.807, 2.05) is 0 Å². The second-order valence-corrected chi connectivity index (χ2v) is 7.12. The number of sulfonamides is 1. The van der Waals surface area contributed by atoms with Gasteiger partial charge in [0.1, 0.15) is 0 Å². The lowest BCUT2D eigenvalue weighted by atomic mass is 9.91. The quantitative estimate of drug-likeness (QED) is 0.644. The second kappa shape index (κ2) is 4.88. The van der Waals surface area contributed by atoms with E-state index in [9.17, 15) is 13.2 Å². The lowest BCUT2D eigenvalue weighted by Gasteiger charge is -2.38. The zero-order valence-electron chi connectivity index (χ0n) is 11.5. The molecule has 114 valence electrons. The van der Waals surface area contributed by atoms with Crippen LogP contribution in [0.4, 0.5) is 11.4 Å². The molecule has 0 aliphatic carbocycles. The number of rotatable bonds is 2. The Morgan fingerprint density at radius 2 is 2.05 bits per heavy atom. The summed E-state index contributed by atoms with van der Waals surface area (Å²) in [4.78, 5) is 13.8. The molecule has 2 heterocycles. The van der Waals surface area contributed by atoms with E-state index in [0.29, 0.717) is 17.9 Å². The number of hydrogen-bond donors (Lipinski definition) is 3. The van der Waals surface area contributed by atoms with Crippen LogP contribution in [0.5, 0.6) is 0 Å². The van der Waals surface area contributed by atoms with Gasteiger partial charge < -0.3 is 16.0 Å². The van der Waals surface area contributed by atoms with Gasteiger partial charge in [0.2, 0.25) is 15.9 Å². The molecule has 0 spiro atoms. The van der Waals surface area contributed by atoms with E-state index < -0.39 is 10.0 Å². The van der Waals surface area contributed by atoms with E-state index in [1.54, 1.807) is 6.07 Å². The first-order valence-corrected chi connectivity index (χ1v) is 8.38. The van der Waals surface area contributed by atoms with Gasteiger partial charge in [0.25, 0.3) is 0 Å². The molecule has 21 heavy (non-hydrogen) atoms. The number of fused-ring (bicyclic) bond motifs is 1. The molecule has 3 rings (SSSR count). The van der Waals surface area contributed by atoms with Crippen molar-refractivity contribution in [3.63, 3.8) is 0 Å². The highest BCUT2D eigenvalue weighted by atomic mass is 32.2.